The smallest absolute Gasteiger partial charge is 0.325 e. The lowest BCUT2D eigenvalue weighted by molar-refractivity contribution is -0.132. The van der Waals surface area contributed by atoms with E-state index in [1.165, 1.54) is 36.4 Å². The molecule has 8 nitrogen and oxygen atoms in total. The van der Waals surface area contributed by atoms with Crippen molar-refractivity contribution in [2.75, 3.05) is 13.2 Å². The second kappa shape index (κ2) is 9.28. The Morgan fingerprint density at radius 2 is 1.85 bits per heavy atom. The Hall–Kier alpha value is -2.69. The zero-order chi connectivity index (χ0) is 23.6. The Morgan fingerprint density at radius 1 is 1.15 bits per heavy atom. The summed E-state index contributed by atoms with van der Waals surface area (Å²) in [5.41, 5.74) is -1.04. The Labute approximate surface area is 196 Å². The number of rotatable bonds is 7. The number of imide groups is 1. The van der Waals surface area contributed by atoms with Gasteiger partial charge in [0.2, 0.25) is 10.0 Å². The summed E-state index contributed by atoms with van der Waals surface area (Å²) < 4.78 is 46.4. The molecule has 0 aromatic heterocycles. The number of nitrogens with zero attached hydrogens (tertiary/aromatic N) is 1. The lowest BCUT2D eigenvalue weighted by Gasteiger charge is -2.35. The topological polar surface area (TPSA) is 105 Å². The van der Waals surface area contributed by atoms with E-state index in [2.05, 4.69) is 10.0 Å². The van der Waals surface area contributed by atoms with Crippen LogP contribution >= 0.6 is 11.6 Å². The molecular weight excluding hydrogens is 473 g/mol. The fourth-order valence-electron chi connectivity index (χ4n) is 4.15. The zero-order valence-corrected chi connectivity index (χ0v) is 19.2. The van der Waals surface area contributed by atoms with E-state index in [0.29, 0.717) is 36.5 Å². The summed E-state index contributed by atoms with van der Waals surface area (Å²) in [6.07, 6.45) is 1.42. The number of sulfonamides is 1. The predicted octanol–water partition coefficient (Wildman–Crippen LogP) is 3.07. The average Bonchev–Trinajstić information content (AvgIpc) is 3.00. The molecule has 3 amide bonds. The van der Waals surface area contributed by atoms with Crippen LogP contribution in [0.15, 0.2) is 53.4 Å². The molecule has 1 saturated heterocycles. The molecule has 0 atom stereocenters. The van der Waals surface area contributed by atoms with Gasteiger partial charge < -0.3 is 10.1 Å². The normalized spacial score (nSPS) is 23.1. The van der Waals surface area contributed by atoms with Crippen LogP contribution in [0, 0.1) is 5.82 Å². The van der Waals surface area contributed by atoms with Crippen LogP contribution in [0.3, 0.4) is 0 Å². The molecule has 1 heterocycles. The van der Waals surface area contributed by atoms with E-state index in [1.807, 2.05) is 0 Å². The number of urea groups is 1. The molecule has 2 aromatic rings. The van der Waals surface area contributed by atoms with Gasteiger partial charge in [-0.2, -0.15) is 0 Å². The standard InChI is InChI=1S/C22H23ClFN3O5S/c23-15-2-1-3-19(14-15)33(30,31)26-17-8-10-22(11-9-17)20(28)27(21(29)25-22)12-13-32-18-6-4-16(24)5-7-18/h1-7,14,17,26H,8-13H2,(H,25,29). The van der Waals surface area contributed by atoms with E-state index in [-0.39, 0.29) is 35.8 Å². The van der Waals surface area contributed by atoms with Crippen molar-refractivity contribution in [2.24, 2.45) is 0 Å². The Balaban J connectivity index is 1.32. The van der Waals surface area contributed by atoms with Crippen molar-refractivity contribution in [3.05, 3.63) is 59.4 Å². The molecule has 2 aliphatic rings. The minimum atomic E-state index is -3.75. The van der Waals surface area contributed by atoms with Crippen molar-refractivity contribution >= 4 is 33.6 Å². The highest BCUT2D eigenvalue weighted by Gasteiger charge is 2.52. The quantitative estimate of drug-likeness (QED) is 0.574. The zero-order valence-electron chi connectivity index (χ0n) is 17.6. The maximum Gasteiger partial charge on any atom is 0.325 e. The predicted molar refractivity (Wildman–Crippen MR) is 119 cm³/mol. The number of nitrogens with one attached hydrogen (secondary N) is 2. The maximum absolute atomic E-state index is 13.0. The lowest BCUT2D eigenvalue weighted by atomic mass is 9.79. The first-order chi connectivity index (χ1) is 15.7. The molecule has 1 saturated carbocycles. The number of carbonyl (C=O) groups excluding carboxylic acids is 2. The molecule has 4 rings (SSSR count). The van der Waals surface area contributed by atoms with Crippen molar-refractivity contribution in [2.45, 2.75) is 42.2 Å². The fourth-order valence-corrected chi connectivity index (χ4v) is 5.76. The molecule has 2 fully saturated rings. The lowest BCUT2D eigenvalue weighted by Crippen LogP contribution is -2.52. The van der Waals surface area contributed by atoms with Crippen molar-refractivity contribution < 1.29 is 27.1 Å². The number of benzene rings is 2. The van der Waals surface area contributed by atoms with E-state index in [9.17, 15) is 22.4 Å². The van der Waals surface area contributed by atoms with Gasteiger partial charge in [-0.3, -0.25) is 9.69 Å². The van der Waals surface area contributed by atoms with Gasteiger partial charge in [0.25, 0.3) is 5.91 Å². The molecule has 2 aromatic carbocycles. The minimum Gasteiger partial charge on any atom is -0.492 e. The van der Waals surface area contributed by atoms with Crippen LogP contribution in [0.1, 0.15) is 25.7 Å². The second-order valence-electron chi connectivity index (χ2n) is 8.12. The summed E-state index contributed by atoms with van der Waals surface area (Å²) in [4.78, 5) is 26.6. The third-order valence-corrected chi connectivity index (χ3v) is 7.66. The molecule has 11 heteroatoms. The van der Waals surface area contributed by atoms with Crippen molar-refractivity contribution in [1.82, 2.24) is 14.9 Å². The highest BCUT2D eigenvalue weighted by atomic mass is 35.5. The first kappa shape index (κ1) is 23.5. The van der Waals surface area contributed by atoms with Gasteiger partial charge in [-0.1, -0.05) is 17.7 Å². The van der Waals surface area contributed by atoms with Crippen LogP contribution in [0.5, 0.6) is 5.75 Å². The van der Waals surface area contributed by atoms with Gasteiger partial charge in [0.1, 0.15) is 23.7 Å². The Morgan fingerprint density at radius 3 is 2.52 bits per heavy atom. The van der Waals surface area contributed by atoms with Crippen molar-refractivity contribution in [3.8, 4) is 5.75 Å². The number of hydrogen-bond donors (Lipinski definition) is 2. The van der Waals surface area contributed by atoms with Gasteiger partial charge in [-0.15, -0.1) is 0 Å². The number of carbonyl (C=O) groups is 2. The number of halogens is 2. The van der Waals surface area contributed by atoms with E-state index in [0.717, 1.165) is 4.90 Å². The SMILES string of the molecule is O=C1NC2(CCC(NS(=O)(=O)c3cccc(Cl)c3)CC2)C(=O)N1CCOc1ccc(F)cc1. The summed E-state index contributed by atoms with van der Waals surface area (Å²) in [6, 6.07) is 10.6. The highest BCUT2D eigenvalue weighted by Crippen LogP contribution is 2.34. The largest absolute Gasteiger partial charge is 0.492 e. The Kier molecular flexibility index (Phi) is 6.60. The van der Waals surface area contributed by atoms with Crippen molar-refractivity contribution in [1.29, 1.82) is 0 Å². The van der Waals surface area contributed by atoms with Gasteiger partial charge in [-0.25, -0.2) is 22.3 Å². The van der Waals surface area contributed by atoms with E-state index < -0.39 is 21.6 Å². The molecule has 0 bridgehead atoms. The molecule has 1 aliphatic heterocycles. The molecule has 0 unspecified atom stereocenters. The molecular formula is C22H23ClFN3O5S. The summed E-state index contributed by atoms with van der Waals surface area (Å²) >= 11 is 5.90. The summed E-state index contributed by atoms with van der Waals surface area (Å²) in [7, 11) is -3.75. The van der Waals surface area contributed by atoms with Gasteiger partial charge in [0, 0.05) is 11.1 Å². The Bertz CT molecular complexity index is 1150. The van der Waals surface area contributed by atoms with Crippen LogP contribution < -0.4 is 14.8 Å². The third-order valence-electron chi connectivity index (χ3n) is 5.91. The maximum atomic E-state index is 13.0. The number of hydrogen-bond acceptors (Lipinski definition) is 5. The average molecular weight is 496 g/mol. The van der Waals surface area contributed by atoms with Gasteiger partial charge in [0.05, 0.1) is 11.4 Å². The van der Waals surface area contributed by atoms with Crippen LogP contribution in [-0.4, -0.2) is 50.0 Å². The van der Waals surface area contributed by atoms with E-state index in [4.69, 9.17) is 16.3 Å². The molecule has 0 radical (unpaired) electrons. The highest BCUT2D eigenvalue weighted by molar-refractivity contribution is 7.89. The van der Waals surface area contributed by atoms with Gasteiger partial charge in [-0.05, 0) is 68.1 Å². The minimum absolute atomic E-state index is 0.0502. The fraction of sp³-hybridized carbons (Fsp3) is 0.364. The molecule has 1 aliphatic carbocycles. The van der Waals surface area contributed by atoms with Gasteiger partial charge >= 0.3 is 6.03 Å². The van der Waals surface area contributed by atoms with Crippen LogP contribution in [0.25, 0.3) is 0 Å². The monoisotopic (exact) mass is 495 g/mol. The van der Waals surface area contributed by atoms with Crippen LogP contribution in [0.4, 0.5) is 9.18 Å². The van der Waals surface area contributed by atoms with Crippen LogP contribution in [-0.2, 0) is 14.8 Å². The van der Waals surface area contributed by atoms with Crippen LogP contribution in [0.2, 0.25) is 5.02 Å². The molecule has 1 spiro atoms. The number of amides is 3. The van der Waals surface area contributed by atoms with E-state index >= 15 is 0 Å². The van der Waals surface area contributed by atoms with E-state index in [1.54, 1.807) is 12.1 Å². The number of ether oxygens (including phenoxy) is 1. The molecule has 176 valence electrons. The summed E-state index contributed by atoms with van der Waals surface area (Å²) in [6.45, 7) is 0.123. The first-order valence-corrected chi connectivity index (χ1v) is 12.4. The summed E-state index contributed by atoms with van der Waals surface area (Å²) in [5, 5.41) is 3.11. The third kappa shape index (κ3) is 5.13. The van der Waals surface area contributed by atoms with Gasteiger partial charge in [0.15, 0.2) is 0 Å². The first-order valence-electron chi connectivity index (χ1n) is 10.5. The van der Waals surface area contributed by atoms with Crippen molar-refractivity contribution in [3.63, 3.8) is 0 Å². The second-order valence-corrected chi connectivity index (χ2v) is 10.3. The summed E-state index contributed by atoms with van der Waals surface area (Å²) in [5.74, 6) is -0.291. The molecule has 2 N–H and O–H groups in total. The molecule has 33 heavy (non-hydrogen) atoms.